The van der Waals surface area contributed by atoms with Crippen molar-refractivity contribution < 1.29 is 31.7 Å². The molecule has 13 heteroatoms. The van der Waals surface area contributed by atoms with Crippen LogP contribution in [0.1, 0.15) is 48.0 Å². The number of anilines is 1. The van der Waals surface area contributed by atoms with Gasteiger partial charge in [-0.05, 0) is 30.4 Å². The topological polar surface area (TPSA) is 96.0 Å². The highest BCUT2D eigenvalue weighted by Gasteiger charge is 2.45. The van der Waals surface area contributed by atoms with Crippen molar-refractivity contribution in [2.45, 2.75) is 49.9 Å². The van der Waals surface area contributed by atoms with E-state index in [1.165, 1.54) is 11.1 Å². The quantitative estimate of drug-likeness (QED) is 0.261. The third-order valence-electron chi connectivity index (χ3n) is 7.27. The average Bonchev–Trinajstić information content (AvgIpc) is 3.52. The number of pyridine rings is 1. The van der Waals surface area contributed by atoms with Crippen LogP contribution in [0.4, 0.5) is 23.4 Å². The minimum atomic E-state index is -2.79. The van der Waals surface area contributed by atoms with Gasteiger partial charge in [-0.3, -0.25) is 4.79 Å². The van der Waals surface area contributed by atoms with Gasteiger partial charge in [0.1, 0.15) is 0 Å². The smallest absolute Gasteiger partial charge is 0.342 e. The first-order valence-corrected chi connectivity index (χ1v) is 13.0. The van der Waals surface area contributed by atoms with Crippen molar-refractivity contribution in [1.29, 1.82) is 0 Å². The Bertz CT molecular complexity index is 1480. The van der Waals surface area contributed by atoms with E-state index in [0.717, 1.165) is 22.2 Å². The molecule has 2 aliphatic heterocycles. The summed E-state index contributed by atoms with van der Waals surface area (Å²) < 4.78 is 56.7. The Labute approximate surface area is 226 Å². The molecule has 40 heavy (non-hydrogen) atoms. The fourth-order valence-electron chi connectivity index (χ4n) is 5.06. The molecule has 2 atom stereocenters. The van der Waals surface area contributed by atoms with Gasteiger partial charge in [-0.1, -0.05) is 36.4 Å². The number of aromatic nitrogens is 4. The summed E-state index contributed by atoms with van der Waals surface area (Å²) in [6.07, 6.45) is 1.34. The third kappa shape index (κ3) is 5.32. The van der Waals surface area contributed by atoms with Gasteiger partial charge in [-0.2, -0.15) is 18.9 Å². The Balaban J connectivity index is 1.22. The van der Waals surface area contributed by atoms with E-state index in [-0.39, 0.29) is 36.1 Å². The zero-order chi connectivity index (χ0) is 28.0. The van der Waals surface area contributed by atoms with E-state index in [1.807, 2.05) is 0 Å². The largest absolute Gasteiger partial charge is 0.410 e. The molecule has 3 aromatic rings. The van der Waals surface area contributed by atoms with E-state index >= 15 is 0 Å². The van der Waals surface area contributed by atoms with Crippen LogP contribution in [0.25, 0.3) is 0 Å². The van der Waals surface area contributed by atoms with Crippen LogP contribution in [0.5, 0.6) is 0 Å². The maximum Gasteiger partial charge on any atom is 0.410 e. The van der Waals surface area contributed by atoms with Crippen LogP contribution in [0.3, 0.4) is 0 Å². The van der Waals surface area contributed by atoms with Crippen LogP contribution in [0, 0.1) is 5.95 Å². The number of nitrogens with one attached hydrogen (secondary N) is 1. The Hall–Kier alpha value is -4.16. The molecule has 208 valence electrons. The maximum atomic E-state index is 14.8. The molecule has 0 unspecified atom stereocenters. The summed E-state index contributed by atoms with van der Waals surface area (Å²) in [6, 6.07) is 11.4. The second-order valence-electron chi connectivity index (χ2n) is 10.4. The van der Waals surface area contributed by atoms with Gasteiger partial charge in [0.15, 0.2) is 25.1 Å². The summed E-state index contributed by atoms with van der Waals surface area (Å²) in [5, 5.41) is 10.8. The van der Waals surface area contributed by atoms with E-state index in [1.54, 1.807) is 42.5 Å². The molecule has 2 amide bonds. The van der Waals surface area contributed by atoms with E-state index in [0.29, 0.717) is 11.1 Å². The summed E-state index contributed by atoms with van der Waals surface area (Å²) in [6.45, 7) is -1.71. The highest BCUT2D eigenvalue weighted by molar-refractivity contribution is 6.38. The molecule has 0 bridgehead atoms. The number of hydrogen-bond donors (Lipinski definition) is 1. The number of carbonyl (C=O) groups is 2. The molecule has 1 saturated carbocycles. The lowest BCUT2D eigenvalue weighted by molar-refractivity contribution is -0.446. The molecule has 0 radical (unpaired) electrons. The highest BCUT2D eigenvalue weighted by Crippen LogP contribution is 2.41. The van der Waals surface area contributed by atoms with Crippen molar-refractivity contribution in [2.75, 3.05) is 24.5 Å². The molecule has 4 heterocycles. The van der Waals surface area contributed by atoms with Gasteiger partial charge in [0, 0.05) is 5.56 Å². The standard InChI is InChI=1S/C27H25F4N7O2/c28-18-10-21(37(12-18)23(39)13-38-32-11-22(35-38)36-14-27(30,31)15-36)26(40)34-24(17-4-2-1-3-5-17)20-9-8-19(16-6-7-16)25(29)33-20/h1-5,8-9,11,16,18,24H,6-7,10,12-15H2/p+1/t18-,24+/m1/s1. The number of amides is 2. The molecule has 3 aliphatic rings. The van der Waals surface area contributed by atoms with E-state index in [9.17, 15) is 27.2 Å². The fraction of sp³-hybridized carbons (Fsp3) is 0.407. The van der Waals surface area contributed by atoms with Gasteiger partial charge in [0.25, 0.3) is 11.6 Å². The van der Waals surface area contributed by atoms with Crippen LogP contribution in [-0.4, -0.2) is 73.8 Å². The van der Waals surface area contributed by atoms with Crippen molar-refractivity contribution in [3.05, 3.63) is 71.4 Å². The van der Waals surface area contributed by atoms with Crippen molar-refractivity contribution in [3.8, 4) is 0 Å². The highest BCUT2D eigenvalue weighted by atomic mass is 19.3. The van der Waals surface area contributed by atoms with Gasteiger partial charge in [0.2, 0.25) is 5.95 Å². The molecule has 9 nitrogen and oxygen atoms in total. The molecule has 1 aliphatic carbocycles. The zero-order valence-electron chi connectivity index (χ0n) is 21.3. The fourth-order valence-corrected chi connectivity index (χ4v) is 5.06. The van der Waals surface area contributed by atoms with Gasteiger partial charge < -0.3 is 10.2 Å². The molecule has 1 N–H and O–H groups in total. The van der Waals surface area contributed by atoms with Crippen molar-refractivity contribution in [1.82, 2.24) is 25.3 Å². The van der Waals surface area contributed by atoms with E-state index in [2.05, 4.69) is 20.5 Å². The predicted octanol–water partition coefficient (Wildman–Crippen LogP) is 2.77. The summed E-state index contributed by atoms with van der Waals surface area (Å²) >= 11 is 0. The monoisotopic (exact) mass is 556 g/mol. The number of nitrogens with zero attached hydrogens (tertiary/aromatic N) is 6. The lowest BCUT2D eigenvalue weighted by atomic mass is 10.0. The molecular formula is C27H26F4N7O2+. The molecular weight excluding hydrogens is 530 g/mol. The van der Waals surface area contributed by atoms with E-state index in [4.69, 9.17) is 0 Å². The van der Waals surface area contributed by atoms with Gasteiger partial charge in [0.05, 0.1) is 37.4 Å². The van der Waals surface area contributed by atoms with E-state index < -0.39 is 55.5 Å². The van der Waals surface area contributed by atoms with Crippen molar-refractivity contribution in [2.24, 2.45) is 0 Å². The molecule has 2 fully saturated rings. The first-order chi connectivity index (χ1) is 19.2. The Morgan fingerprint density at radius 1 is 1.12 bits per heavy atom. The van der Waals surface area contributed by atoms with Crippen LogP contribution >= 0.6 is 0 Å². The number of rotatable bonds is 8. The van der Waals surface area contributed by atoms with Crippen molar-refractivity contribution >= 4 is 23.3 Å². The second kappa shape index (κ2) is 10.1. The summed E-state index contributed by atoms with van der Waals surface area (Å²) in [5.41, 5.74) is 1.38. The molecule has 2 aromatic heterocycles. The summed E-state index contributed by atoms with van der Waals surface area (Å²) in [4.78, 5) is 33.0. The number of alkyl halides is 3. The summed E-state index contributed by atoms with van der Waals surface area (Å²) in [7, 11) is 0. The van der Waals surface area contributed by atoms with Crippen LogP contribution in [0.15, 0.2) is 48.7 Å². The molecule has 6 rings (SSSR count). The lowest BCUT2D eigenvalue weighted by Crippen LogP contribution is -2.56. The Morgan fingerprint density at radius 3 is 2.55 bits per heavy atom. The predicted molar refractivity (Wildman–Crippen MR) is 134 cm³/mol. The normalized spacial score (nSPS) is 20.8. The number of hydrogen-bond acceptors (Lipinski definition) is 6. The number of benzene rings is 1. The van der Waals surface area contributed by atoms with Crippen LogP contribution in [-0.2, 0) is 16.1 Å². The van der Waals surface area contributed by atoms with Crippen LogP contribution < -0.4 is 10.2 Å². The first-order valence-electron chi connectivity index (χ1n) is 13.0. The SMILES string of the molecule is O=C(N[C@@H](c1ccccc1)c1ccc(C2CC2)c(F)n1)C1=[N+](C(=O)Cn2ncc(N3CC(F)(F)C3)n2)C[C@H](F)C1. The van der Waals surface area contributed by atoms with Gasteiger partial charge >= 0.3 is 11.8 Å². The maximum absolute atomic E-state index is 14.8. The number of carbonyl (C=O) groups excluding carboxylic acids is 2. The first kappa shape index (κ1) is 26.1. The average molecular weight is 557 g/mol. The molecule has 0 spiro atoms. The molecule has 1 saturated heterocycles. The minimum Gasteiger partial charge on any atom is -0.342 e. The van der Waals surface area contributed by atoms with Crippen LogP contribution in [0.2, 0.25) is 0 Å². The zero-order valence-corrected chi connectivity index (χ0v) is 21.3. The van der Waals surface area contributed by atoms with Crippen molar-refractivity contribution in [3.63, 3.8) is 0 Å². The molecule has 1 aromatic carbocycles. The lowest BCUT2D eigenvalue weighted by Gasteiger charge is -2.38. The van der Waals surface area contributed by atoms with Gasteiger partial charge in [-0.25, -0.2) is 22.9 Å². The minimum absolute atomic E-state index is 0.0803. The Kier molecular flexibility index (Phi) is 6.59. The third-order valence-corrected chi connectivity index (χ3v) is 7.27. The van der Waals surface area contributed by atoms with Gasteiger partial charge in [-0.15, -0.1) is 5.10 Å². The second-order valence-corrected chi connectivity index (χ2v) is 10.4. The Morgan fingerprint density at radius 2 is 1.88 bits per heavy atom. The number of halogens is 4. The summed E-state index contributed by atoms with van der Waals surface area (Å²) in [5.74, 6) is -4.33.